The number of hydrogen-bond donors (Lipinski definition) is 2. The predicted molar refractivity (Wildman–Crippen MR) is 70.3 cm³/mol. The first-order valence-corrected chi connectivity index (χ1v) is 6.47. The first-order chi connectivity index (χ1) is 8.74. The molecule has 4 nitrogen and oxygen atoms in total. The Morgan fingerprint density at radius 3 is 2.56 bits per heavy atom. The number of benzene rings is 1. The quantitative estimate of drug-likeness (QED) is 0.847. The minimum Gasteiger partial charge on any atom is -0.484 e. The molecule has 3 N–H and O–H groups in total. The van der Waals surface area contributed by atoms with E-state index in [4.69, 9.17) is 10.5 Å². The van der Waals surface area contributed by atoms with Gasteiger partial charge in [0.05, 0.1) is 0 Å². The molecule has 1 aromatic carbocycles. The van der Waals surface area contributed by atoms with Crippen LogP contribution < -0.4 is 15.8 Å². The minimum atomic E-state index is -0.0562. The number of nitrogens with two attached hydrogens (primary N) is 1. The second kappa shape index (κ2) is 6.40. The van der Waals surface area contributed by atoms with Gasteiger partial charge in [-0.25, -0.2) is 0 Å². The first-order valence-electron chi connectivity index (χ1n) is 6.47. The zero-order chi connectivity index (χ0) is 12.8. The molecule has 0 heterocycles. The fraction of sp³-hybridized carbons (Fsp3) is 0.500. The van der Waals surface area contributed by atoms with E-state index in [9.17, 15) is 4.79 Å². The van der Waals surface area contributed by atoms with Gasteiger partial charge in [0.25, 0.3) is 5.91 Å². The minimum absolute atomic E-state index is 0.0562. The van der Waals surface area contributed by atoms with E-state index >= 15 is 0 Å². The molecule has 0 spiro atoms. The van der Waals surface area contributed by atoms with Crippen molar-refractivity contribution in [2.45, 2.75) is 37.8 Å². The van der Waals surface area contributed by atoms with Crippen LogP contribution in [0.25, 0.3) is 0 Å². The molecule has 18 heavy (non-hydrogen) atoms. The maximum Gasteiger partial charge on any atom is 0.258 e. The number of carbonyl (C=O) groups excluding carboxylic acids is 1. The summed E-state index contributed by atoms with van der Waals surface area (Å²) in [7, 11) is 0. The molecule has 1 fully saturated rings. The highest BCUT2D eigenvalue weighted by molar-refractivity contribution is 5.77. The topological polar surface area (TPSA) is 64.3 Å². The Balaban J connectivity index is 1.69. The Hall–Kier alpha value is -1.55. The third-order valence-corrected chi connectivity index (χ3v) is 3.25. The fourth-order valence-corrected chi connectivity index (χ4v) is 2.20. The van der Waals surface area contributed by atoms with Crippen LogP contribution in [0.2, 0.25) is 0 Å². The number of ether oxygens (including phenoxy) is 1. The van der Waals surface area contributed by atoms with Crippen molar-refractivity contribution in [1.29, 1.82) is 0 Å². The molecule has 0 saturated heterocycles. The van der Waals surface area contributed by atoms with Gasteiger partial charge < -0.3 is 15.8 Å². The summed E-state index contributed by atoms with van der Waals surface area (Å²) in [5.74, 6) is 0.664. The SMILES string of the molecule is NC1CCC(NC(=O)COc2ccccc2)CC1. The van der Waals surface area contributed by atoms with Gasteiger partial charge in [0, 0.05) is 12.1 Å². The number of rotatable bonds is 4. The highest BCUT2D eigenvalue weighted by atomic mass is 16.5. The van der Waals surface area contributed by atoms with Crippen molar-refractivity contribution in [1.82, 2.24) is 5.32 Å². The summed E-state index contributed by atoms with van der Waals surface area (Å²) in [5.41, 5.74) is 5.83. The molecule has 1 aliphatic rings. The number of hydrogen-bond acceptors (Lipinski definition) is 3. The van der Waals surface area contributed by atoms with Crippen molar-refractivity contribution >= 4 is 5.91 Å². The third kappa shape index (κ3) is 4.04. The van der Waals surface area contributed by atoms with E-state index in [0.29, 0.717) is 6.04 Å². The Morgan fingerprint density at radius 2 is 1.89 bits per heavy atom. The van der Waals surface area contributed by atoms with Crippen LogP contribution in [0.4, 0.5) is 0 Å². The van der Waals surface area contributed by atoms with Gasteiger partial charge >= 0.3 is 0 Å². The first kappa shape index (κ1) is 12.9. The van der Waals surface area contributed by atoms with E-state index in [1.165, 1.54) is 0 Å². The van der Waals surface area contributed by atoms with Gasteiger partial charge in [0.2, 0.25) is 0 Å². The second-order valence-electron chi connectivity index (χ2n) is 4.78. The maximum absolute atomic E-state index is 11.7. The molecule has 0 bridgehead atoms. The molecule has 0 aliphatic heterocycles. The summed E-state index contributed by atoms with van der Waals surface area (Å²) in [6.45, 7) is 0.0760. The summed E-state index contributed by atoms with van der Waals surface area (Å²) in [4.78, 5) is 11.7. The van der Waals surface area contributed by atoms with Crippen LogP contribution in [0.3, 0.4) is 0 Å². The normalized spacial score (nSPS) is 23.4. The van der Waals surface area contributed by atoms with E-state index in [0.717, 1.165) is 31.4 Å². The molecule has 98 valence electrons. The largest absolute Gasteiger partial charge is 0.484 e. The zero-order valence-electron chi connectivity index (χ0n) is 10.5. The molecule has 0 unspecified atom stereocenters. The Kier molecular flexibility index (Phi) is 4.59. The number of amides is 1. The number of carbonyl (C=O) groups is 1. The monoisotopic (exact) mass is 248 g/mol. The van der Waals surface area contributed by atoms with E-state index in [1.807, 2.05) is 30.3 Å². The van der Waals surface area contributed by atoms with E-state index in [-0.39, 0.29) is 18.6 Å². The molecule has 0 radical (unpaired) electrons. The van der Waals surface area contributed by atoms with Gasteiger partial charge in [0.1, 0.15) is 5.75 Å². The molecule has 1 aliphatic carbocycles. The van der Waals surface area contributed by atoms with Crippen molar-refractivity contribution in [2.24, 2.45) is 5.73 Å². The Labute approximate surface area is 108 Å². The average Bonchev–Trinajstić information content (AvgIpc) is 2.40. The fourth-order valence-electron chi connectivity index (χ4n) is 2.20. The molecular formula is C14H20N2O2. The average molecular weight is 248 g/mol. The number of para-hydroxylation sites is 1. The van der Waals surface area contributed by atoms with E-state index in [1.54, 1.807) is 0 Å². The lowest BCUT2D eigenvalue weighted by Gasteiger charge is -2.26. The van der Waals surface area contributed by atoms with Crippen LogP contribution in [0.1, 0.15) is 25.7 Å². The summed E-state index contributed by atoms with van der Waals surface area (Å²) in [6, 6.07) is 9.93. The number of nitrogens with one attached hydrogen (secondary N) is 1. The molecule has 1 aromatic rings. The molecule has 0 atom stereocenters. The van der Waals surface area contributed by atoms with Crippen molar-refractivity contribution in [3.05, 3.63) is 30.3 Å². The summed E-state index contributed by atoms with van der Waals surface area (Å²) < 4.78 is 5.39. The molecule has 4 heteroatoms. The lowest BCUT2D eigenvalue weighted by atomic mass is 9.92. The second-order valence-corrected chi connectivity index (χ2v) is 4.78. The lowest BCUT2D eigenvalue weighted by Crippen LogP contribution is -2.42. The molecule has 1 saturated carbocycles. The highest BCUT2D eigenvalue weighted by Gasteiger charge is 2.19. The van der Waals surface area contributed by atoms with Crippen LogP contribution in [0.15, 0.2) is 30.3 Å². The summed E-state index contributed by atoms with van der Waals surface area (Å²) in [5, 5.41) is 2.99. The smallest absolute Gasteiger partial charge is 0.258 e. The third-order valence-electron chi connectivity index (χ3n) is 3.25. The van der Waals surface area contributed by atoms with Crippen LogP contribution in [-0.2, 0) is 4.79 Å². The lowest BCUT2D eigenvalue weighted by molar-refractivity contribution is -0.124. The van der Waals surface area contributed by atoms with Crippen LogP contribution in [0, 0.1) is 0 Å². The van der Waals surface area contributed by atoms with Gasteiger partial charge in [0.15, 0.2) is 6.61 Å². The zero-order valence-corrected chi connectivity index (χ0v) is 10.5. The summed E-state index contributed by atoms with van der Waals surface area (Å²) in [6.07, 6.45) is 3.92. The van der Waals surface area contributed by atoms with E-state index < -0.39 is 0 Å². The van der Waals surface area contributed by atoms with Gasteiger partial charge in [-0.15, -0.1) is 0 Å². The van der Waals surface area contributed by atoms with Crippen LogP contribution >= 0.6 is 0 Å². The Morgan fingerprint density at radius 1 is 1.22 bits per heavy atom. The maximum atomic E-state index is 11.7. The van der Waals surface area contributed by atoms with Crippen molar-refractivity contribution in [3.63, 3.8) is 0 Å². The van der Waals surface area contributed by atoms with E-state index in [2.05, 4.69) is 5.32 Å². The van der Waals surface area contributed by atoms with Crippen molar-refractivity contribution < 1.29 is 9.53 Å². The molecule has 0 aromatic heterocycles. The van der Waals surface area contributed by atoms with Gasteiger partial charge in [-0.2, -0.15) is 0 Å². The van der Waals surface area contributed by atoms with Crippen LogP contribution in [0.5, 0.6) is 5.75 Å². The highest BCUT2D eigenvalue weighted by Crippen LogP contribution is 2.16. The molecule has 1 amide bonds. The molecular weight excluding hydrogens is 228 g/mol. The standard InChI is InChI=1S/C14H20N2O2/c15-11-6-8-12(9-7-11)16-14(17)10-18-13-4-2-1-3-5-13/h1-5,11-12H,6-10,15H2,(H,16,17). The molecule has 2 rings (SSSR count). The van der Waals surface area contributed by atoms with Gasteiger partial charge in [-0.3, -0.25) is 4.79 Å². The Bertz CT molecular complexity index is 373. The predicted octanol–water partition coefficient (Wildman–Crippen LogP) is 1.45. The van der Waals surface area contributed by atoms with Gasteiger partial charge in [-0.1, -0.05) is 18.2 Å². The summed E-state index contributed by atoms with van der Waals surface area (Å²) >= 11 is 0. The van der Waals surface area contributed by atoms with Crippen LogP contribution in [-0.4, -0.2) is 24.6 Å². The van der Waals surface area contributed by atoms with Crippen molar-refractivity contribution in [3.8, 4) is 5.75 Å². The van der Waals surface area contributed by atoms with Gasteiger partial charge in [-0.05, 0) is 37.8 Å². The van der Waals surface area contributed by atoms with Crippen molar-refractivity contribution in [2.75, 3.05) is 6.61 Å².